The third-order valence-electron chi connectivity index (χ3n) is 5.85. The average molecular weight is 370 g/mol. The van der Waals surface area contributed by atoms with Gasteiger partial charge in [-0.2, -0.15) is 0 Å². The molecule has 3 heterocycles. The van der Waals surface area contributed by atoms with Crippen LogP contribution < -0.4 is 14.2 Å². The number of rotatable bonds is 3. The van der Waals surface area contributed by atoms with Gasteiger partial charge in [-0.1, -0.05) is 0 Å². The largest absolute Gasteiger partial charge is 0.488 e. The molecule has 0 unspecified atom stereocenters. The zero-order chi connectivity index (χ0) is 18.4. The van der Waals surface area contributed by atoms with Gasteiger partial charge < -0.3 is 29.2 Å². The first-order chi connectivity index (χ1) is 13.2. The number of carbonyl (C=O) groups excluding carboxylic acids is 1. The van der Waals surface area contributed by atoms with E-state index in [1.165, 1.54) is 0 Å². The highest BCUT2D eigenvalue weighted by atomic mass is 16.7. The van der Waals surface area contributed by atoms with E-state index in [0.717, 1.165) is 6.42 Å². The van der Waals surface area contributed by atoms with Gasteiger partial charge in [0.25, 0.3) is 5.91 Å². The molecule has 2 aromatic rings. The highest BCUT2D eigenvalue weighted by Gasteiger charge is 2.44. The van der Waals surface area contributed by atoms with Crippen molar-refractivity contribution in [2.45, 2.75) is 25.0 Å². The maximum absolute atomic E-state index is 12.6. The Morgan fingerprint density at radius 2 is 1.96 bits per heavy atom. The highest BCUT2D eigenvalue weighted by Crippen LogP contribution is 2.40. The summed E-state index contributed by atoms with van der Waals surface area (Å²) in [5, 5.41) is 10.6. The number of fused-ring (bicyclic) bond motifs is 2. The minimum atomic E-state index is -0.543. The molecule has 0 radical (unpaired) electrons. The second kappa shape index (κ2) is 6.49. The molecule has 1 aromatic heterocycles. The van der Waals surface area contributed by atoms with Gasteiger partial charge in [0.15, 0.2) is 11.5 Å². The number of ether oxygens (including phenoxy) is 3. The smallest absolute Gasteiger partial charge is 0.255 e. The summed E-state index contributed by atoms with van der Waals surface area (Å²) in [5.41, 5.74) is 0.683. The molecule has 2 N–H and O–H groups in total. The Hall–Kier alpha value is -2.67. The molecular formula is C20H22N2O5. The van der Waals surface area contributed by atoms with Crippen LogP contribution in [0.5, 0.6) is 17.2 Å². The number of nitrogens with one attached hydrogen (secondary N) is 1. The van der Waals surface area contributed by atoms with Crippen molar-refractivity contribution in [1.82, 2.24) is 9.88 Å². The first-order valence-corrected chi connectivity index (χ1v) is 9.34. The number of likely N-dealkylation sites (tertiary alicyclic amines) is 1. The Labute approximate surface area is 156 Å². The molecule has 0 spiro atoms. The Bertz CT molecular complexity index is 837. The van der Waals surface area contributed by atoms with E-state index in [2.05, 4.69) is 4.98 Å². The minimum absolute atomic E-state index is 0.0494. The van der Waals surface area contributed by atoms with E-state index in [1.54, 1.807) is 24.5 Å². The number of hydrogen-bond acceptors (Lipinski definition) is 5. The molecule has 0 bridgehead atoms. The summed E-state index contributed by atoms with van der Waals surface area (Å²) >= 11 is 0. The number of H-pyrrole nitrogens is 1. The molecule has 1 amide bonds. The molecule has 7 nitrogen and oxygen atoms in total. The van der Waals surface area contributed by atoms with Crippen LogP contribution in [0, 0.1) is 11.8 Å². The topological polar surface area (TPSA) is 84.0 Å². The second-order valence-electron chi connectivity index (χ2n) is 7.54. The van der Waals surface area contributed by atoms with Crippen LogP contribution in [-0.4, -0.2) is 53.0 Å². The van der Waals surface area contributed by atoms with Crippen LogP contribution in [0.1, 0.15) is 23.2 Å². The third-order valence-corrected chi connectivity index (χ3v) is 5.85. The molecule has 2 aliphatic heterocycles. The fourth-order valence-corrected chi connectivity index (χ4v) is 4.45. The lowest BCUT2D eigenvalue weighted by atomic mass is 9.78. The number of nitrogens with zero attached hydrogens (tertiary/aromatic N) is 1. The molecule has 5 rings (SSSR count). The van der Waals surface area contributed by atoms with Gasteiger partial charge in [0.1, 0.15) is 11.9 Å². The SMILES string of the molecule is O=C(c1cc[nH]c1)N1C[C@H]2C[C@@H](Oc3ccc4c(c3)OCO4)[C@H](O)C[C@H]2C1. The summed E-state index contributed by atoms with van der Waals surface area (Å²) in [4.78, 5) is 17.4. The predicted molar refractivity (Wildman–Crippen MR) is 95.9 cm³/mol. The summed E-state index contributed by atoms with van der Waals surface area (Å²) in [6, 6.07) is 7.26. The Balaban J connectivity index is 1.26. The molecule has 4 atom stereocenters. The predicted octanol–water partition coefficient (Wildman–Crippen LogP) is 2.03. The van der Waals surface area contributed by atoms with E-state index < -0.39 is 6.10 Å². The average Bonchev–Trinajstić information content (AvgIpc) is 3.41. The van der Waals surface area contributed by atoms with Crippen LogP contribution in [0.15, 0.2) is 36.7 Å². The van der Waals surface area contributed by atoms with Gasteiger partial charge in [0.2, 0.25) is 6.79 Å². The van der Waals surface area contributed by atoms with Crippen molar-refractivity contribution in [2.75, 3.05) is 19.9 Å². The lowest BCUT2D eigenvalue weighted by Gasteiger charge is -2.35. The van der Waals surface area contributed by atoms with Crippen LogP contribution in [0.3, 0.4) is 0 Å². The first kappa shape index (κ1) is 16.5. The number of aliphatic hydroxyl groups excluding tert-OH is 1. The zero-order valence-corrected chi connectivity index (χ0v) is 14.8. The summed E-state index contributed by atoms with van der Waals surface area (Å²) < 4.78 is 16.8. The summed E-state index contributed by atoms with van der Waals surface area (Å²) in [7, 11) is 0. The molecule has 142 valence electrons. The number of benzene rings is 1. The van der Waals surface area contributed by atoms with Crippen LogP contribution in [-0.2, 0) is 0 Å². The number of hydrogen-bond donors (Lipinski definition) is 2. The van der Waals surface area contributed by atoms with Crippen LogP contribution in [0.2, 0.25) is 0 Å². The Morgan fingerprint density at radius 3 is 2.78 bits per heavy atom. The molecule has 2 fully saturated rings. The Morgan fingerprint density at radius 1 is 1.15 bits per heavy atom. The molecule has 1 saturated carbocycles. The number of carbonyl (C=O) groups is 1. The number of amides is 1. The molecule has 1 saturated heterocycles. The molecule has 27 heavy (non-hydrogen) atoms. The molecule has 3 aliphatic rings. The fraction of sp³-hybridized carbons (Fsp3) is 0.450. The lowest BCUT2D eigenvalue weighted by Crippen LogP contribution is -2.42. The Kier molecular flexibility index (Phi) is 3.97. The summed E-state index contributed by atoms with van der Waals surface area (Å²) in [6.45, 7) is 1.63. The van der Waals surface area contributed by atoms with E-state index in [1.807, 2.05) is 17.0 Å². The van der Waals surface area contributed by atoms with Gasteiger partial charge in [0.05, 0.1) is 11.7 Å². The normalized spacial score (nSPS) is 28.9. The van der Waals surface area contributed by atoms with Crippen molar-refractivity contribution < 1.29 is 24.1 Å². The zero-order valence-electron chi connectivity index (χ0n) is 14.8. The van der Waals surface area contributed by atoms with E-state index in [0.29, 0.717) is 54.2 Å². The first-order valence-electron chi connectivity index (χ1n) is 9.34. The van der Waals surface area contributed by atoms with Crippen molar-refractivity contribution in [3.05, 3.63) is 42.2 Å². The number of aromatic nitrogens is 1. The van der Waals surface area contributed by atoms with Gasteiger partial charge in [-0.05, 0) is 42.9 Å². The molecular weight excluding hydrogens is 348 g/mol. The van der Waals surface area contributed by atoms with Gasteiger partial charge in [-0.25, -0.2) is 0 Å². The molecule has 7 heteroatoms. The molecule has 1 aromatic carbocycles. The standard InChI is InChI=1S/C20H22N2O5/c23-16-5-13-9-22(20(24)12-3-4-21-8-12)10-14(13)6-18(16)27-15-1-2-17-19(7-15)26-11-25-17/h1-4,7-8,13-14,16,18,21,23H,5-6,9-11H2/t13-,14+,16+,18+/m0/s1. The molecule has 1 aliphatic carbocycles. The van der Waals surface area contributed by atoms with Crippen molar-refractivity contribution in [3.8, 4) is 17.2 Å². The van der Waals surface area contributed by atoms with Crippen molar-refractivity contribution in [2.24, 2.45) is 11.8 Å². The third kappa shape index (κ3) is 3.02. The minimum Gasteiger partial charge on any atom is -0.488 e. The number of aromatic amines is 1. The van der Waals surface area contributed by atoms with E-state index in [-0.39, 0.29) is 18.8 Å². The monoisotopic (exact) mass is 370 g/mol. The fourth-order valence-electron chi connectivity index (χ4n) is 4.45. The second-order valence-corrected chi connectivity index (χ2v) is 7.54. The van der Waals surface area contributed by atoms with Crippen molar-refractivity contribution in [1.29, 1.82) is 0 Å². The van der Waals surface area contributed by atoms with Crippen molar-refractivity contribution in [3.63, 3.8) is 0 Å². The lowest BCUT2D eigenvalue weighted by molar-refractivity contribution is -0.0232. The van der Waals surface area contributed by atoms with E-state index in [4.69, 9.17) is 14.2 Å². The summed E-state index contributed by atoms with van der Waals surface area (Å²) in [6.07, 6.45) is 4.04. The van der Waals surface area contributed by atoms with Gasteiger partial charge in [0, 0.05) is 31.5 Å². The highest BCUT2D eigenvalue weighted by molar-refractivity contribution is 5.94. The quantitative estimate of drug-likeness (QED) is 0.864. The van der Waals surface area contributed by atoms with Crippen LogP contribution in [0.25, 0.3) is 0 Å². The number of aliphatic hydroxyl groups is 1. The van der Waals surface area contributed by atoms with Gasteiger partial charge >= 0.3 is 0 Å². The maximum atomic E-state index is 12.6. The summed E-state index contributed by atoms with van der Waals surface area (Å²) in [5.74, 6) is 2.75. The van der Waals surface area contributed by atoms with Gasteiger partial charge in [-0.3, -0.25) is 4.79 Å². The van der Waals surface area contributed by atoms with E-state index >= 15 is 0 Å². The van der Waals surface area contributed by atoms with E-state index in [9.17, 15) is 9.90 Å². The van der Waals surface area contributed by atoms with Gasteiger partial charge in [-0.15, -0.1) is 0 Å². The van der Waals surface area contributed by atoms with Crippen molar-refractivity contribution >= 4 is 5.91 Å². The van der Waals surface area contributed by atoms with Crippen LogP contribution >= 0.6 is 0 Å². The maximum Gasteiger partial charge on any atom is 0.255 e. The van der Waals surface area contributed by atoms with Crippen LogP contribution in [0.4, 0.5) is 0 Å².